The number of nitrogens with zero attached hydrogens (tertiary/aromatic N) is 3. The summed E-state index contributed by atoms with van der Waals surface area (Å²) in [6.07, 6.45) is 2.75. The van der Waals surface area contributed by atoms with Crippen molar-refractivity contribution < 1.29 is 4.74 Å². The molecule has 0 radical (unpaired) electrons. The van der Waals surface area contributed by atoms with Crippen LogP contribution in [-0.4, -0.2) is 34.4 Å². The molecule has 3 aliphatic rings. The van der Waals surface area contributed by atoms with Gasteiger partial charge in [0.25, 0.3) is 0 Å². The fraction of sp³-hybridized carbons (Fsp3) is 0.321. The lowest BCUT2D eigenvalue weighted by Crippen LogP contribution is -2.59. The molecule has 1 spiro atoms. The molecule has 0 aliphatic carbocycles. The van der Waals surface area contributed by atoms with Gasteiger partial charge < -0.3 is 4.74 Å². The number of hydrogen-bond acceptors (Lipinski definition) is 4. The molecule has 4 nitrogen and oxygen atoms in total. The lowest BCUT2D eigenvalue weighted by Gasteiger charge is -2.51. The molecule has 1 saturated heterocycles. The van der Waals surface area contributed by atoms with Gasteiger partial charge in [0.2, 0.25) is 5.72 Å². The van der Waals surface area contributed by atoms with E-state index in [0.29, 0.717) is 0 Å². The Morgan fingerprint density at radius 2 is 1.76 bits per heavy atom. The van der Waals surface area contributed by atoms with Crippen LogP contribution in [0.1, 0.15) is 47.6 Å². The highest BCUT2D eigenvalue weighted by Crippen LogP contribution is 2.50. The average Bonchev–Trinajstić information content (AvgIpc) is 3.29. The minimum atomic E-state index is -0.395. The van der Waals surface area contributed by atoms with Crippen molar-refractivity contribution in [3.8, 4) is 5.75 Å². The van der Waals surface area contributed by atoms with Gasteiger partial charge in [-0.1, -0.05) is 71.8 Å². The predicted octanol–water partition coefficient (Wildman–Crippen LogP) is 6.18. The number of fused-ring (bicyclic) bond motifs is 4. The van der Waals surface area contributed by atoms with Crippen LogP contribution < -0.4 is 4.74 Å². The van der Waals surface area contributed by atoms with Gasteiger partial charge in [0.1, 0.15) is 5.75 Å². The fourth-order valence-electron chi connectivity index (χ4n) is 5.45. The minimum Gasteiger partial charge on any atom is -0.466 e. The summed E-state index contributed by atoms with van der Waals surface area (Å²) in [7, 11) is 0. The van der Waals surface area contributed by atoms with Crippen LogP contribution in [0.5, 0.6) is 5.75 Å². The van der Waals surface area contributed by atoms with Gasteiger partial charge in [-0.3, -0.25) is 4.90 Å². The number of hydrazone groups is 1. The Hall–Kier alpha value is -2.82. The highest BCUT2D eigenvalue weighted by atomic mass is 35.5. The van der Waals surface area contributed by atoms with Crippen molar-refractivity contribution in [3.05, 3.63) is 100 Å². The molecular formula is C28H28ClN3O. The van der Waals surface area contributed by atoms with E-state index < -0.39 is 5.72 Å². The van der Waals surface area contributed by atoms with E-state index in [0.717, 1.165) is 60.9 Å². The van der Waals surface area contributed by atoms with Crippen molar-refractivity contribution in [1.29, 1.82) is 0 Å². The summed E-state index contributed by atoms with van der Waals surface area (Å²) < 4.78 is 6.80. The van der Waals surface area contributed by atoms with E-state index in [1.54, 1.807) is 0 Å². The highest BCUT2D eigenvalue weighted by molar-refractivity contribution is 6.30. The number of ether oxygens (including phenoxy) is 1. The Balaban J connectivity index is 1.31. The second kappa shape index (κ2) is 8.19. The molecule has 0 saturated carbocycles. The SMILES string of the molecule is Cc1ccc2c(c1)[C@H]1CC(c3ccc(Cl)cc3)=NN1C1(CCN(Cc3ccccc3)CC1)O2. The number of hydrogen-bond donors (Lipinski definition) is 0. The molecule has 1 fully saturated rings. The molecule has 6 rings (SSSR count). The first kappa shape index (κ1) is 20.8. The number of halogens is 1. The van der Waals surface area contributed by atoms with Crippen molar-refractivity contribution in [2.75, 3.05) is 13.1 Å². The zero-order valence-corrected chi connectivity index (χ0v) is 19.6. The third-order valence-corrected chi connectivity index (χ3v) is 7.47. The zero-order valence-electron chi connectivity index (χ0n) is 18.9. The fourth-order valence-corrected chi connectivity index (χ4v) is 5.58. The average molecular weight is 458 g/mol. The minimum absolute atomic E-state index is 0.208. The monoisotopic (exact) mass is 457 g/mol. The van der Waals surface area contributed by atoms with Crippen LogP contribution in [0.3, 0.4) is 0 Å². The van der Waals surface area contributed by atoms with Crippen LogP contribution in [0.25, 0.3) is 0 Å². The first-order valence-corrected chi connectivity index (χ1v) is 12.2. The molecule has 0 aromatic heterocycles. The van der Waals surface area contributed by atoms with E-state index in [9.17, 15) is 0 Å². The van der Waals surface area contributed by atoms with E-state index in [1.165, 1.54) is 16.7 Å². The molecule has 0 bridgehead atoms. The second-order valence-electron chi connectivity index (χ2n) is 9.47. The van der Waals surface area contributed by atoms with Crippen molar-refractivity contribution in [2.24, 2.45) is 5.10 Å². The molecule has 3 aliphatic heterocycles. The maximum absolute atomic E-state index is 6.80. The molecule has 3 heterocycles. The highest BCUT2D eigenvalue weighted by Gasteiger charge is 2.51. The van der Waals surface area contributed by atoms with Gasteiger partial charge in [0.15, 0.2) is 0 Å². The van der Waals surface area contributed by atoms with Gasteiger partial charge in [-0.15, -0.1) is 0 Å². The van der Waals surface area contributed by atoms with Crippen molar-refractivity contribution >= 4 is 17.3 Å². The van der Waals surface area contributed by atoms with Crippen LogP contribution in [0.15, 0.2) is 77.9 Å². The molecule has 168 valence electrons. The lowest BCUT2D eigenvalue weighted by molar-refractivity contribution is -0.150. The normalized spacial score (nSPS) is 21.3. The van der Waals surface area contributed by atoms with E-state index in [4.69, 9.17) is 21.4 Å². The van der Waals surface area contributed by atoms with Crippen molar-refractivity contribution in [2.45, 2.75) is 44.5 Å². The summed E-state index contributed by atoms with van der Waals surface area (Å²) in [6, 6.07) is 25.6. The number of rotatable bonds is 3. The summed E-state index contributed by atoms with van der Waals surface area (Å²) in [4.78, 5) is 2.53. The van der Waals surface area contributed by atoms with Gasteiger partial charge >= 0.3 is 0 Å². The van der Waals surface area contributed by atoms with E-state index in [1.807, 2.05) is 12.1 Å². The molecule has 0 unspecified atom stereocenters. The van der Waals surface area contributed by atoms with Crippen LogP contribution in [0, 0.1) is 6.92 Å². The van der Waals surface area contributed by atoms with Crippen LogP contribution >= 0.6 is 11.6 Å². The van der Waals surface area contributed by atoms with Crippen LogP contribution in [0.2, 0.25) is 5.02 Å². The largest absolute Gasteiger partial charge is 0.466 e. The Bertz CT molecular complexity index is 1180. The summed E-state index contributed by atoms with van der Waals surface area (Å²) >= 11 is 6.14. The van der Waals surface area contributed by atoms with Gasteiger partial charge in [-0.25, -0.2) is 5.01 Å². The first-order chi connectivity index (χ1) is 16.1. The topological polar surface area (TPSA) is 28.1 Å². The molecule has 0 N–H and O–H groups in total. The summed E-state index contributed by atoms with van der Waals surface area (Å²) in [5, 5.41) is 8.23. The second-order valence-corrected chi connectivity index (χ2v) is 9.91. The standard InChI is InChI=1S/C28H28ClN3O/c1-20-7-12-27-24(17-20)26-18-25(22-8-10-23(29)11-9-22)30-32(26)28(33-27)13-15-31(16-14-28)19-21-5-3-2-4-6-21/h2-12,17,26H,13-16,18-19H2,1H3/t26-/m1/s1. The number of piperidine rings is 1. The molecule has 1 atom stereocenters. The predicted molar refractivity (Wildman–Crippen MR) is 133 cm³/mol. The van der Waals surface area contributed by atoms with E-state index in [2.05, 4.69) is 77.5 Å². The van der Waals surface area contributed by atoms with Gasteiger partial charge in [0, 0.05) is 49.5 Å². The number of benzene rings is 3. The summed E-state index contributed by atoms with van der Waals surface area (Å²) in [6.45, 7) is 5.11. The molecule has 33 heavy (non-hydrogen) atoms. The Labute approximate surface area is 200 Å². The summed E-state index contributed by atoms with van der Waals surface area (Å²) in [5.41, 5.74) is 5.72. The molecular weight excluding hydrogens is 430 g/mol. The van der Waals surface area contributed by atoms with Gasteiger partial charge in [0.05, 0.1) is 11.8 Å². The smallest absolute Gasteiger partial charge is 0.200 e. The first-order valence-electron chi connectivity index (χ1n) is 11.8. The van der Waals surface area contributed by atoms with E-state index >= 15 is 0 Å². The van der Waals surface area contributed by atoms with Crippen molar-refractivity contribution in [3.63, 3.8) is 0 Å². The number of likely N-dealkylation sites (tertiary alicyclic amines) is 1. The van der Waals surface area contributed by atoms with Crippen LogP contribution in [-0.2, 0) is 6.54 Å². The molecule has 0 amide bonds. The van der Waals surface area contributed by atoms with Gasteiger partial charge in [-0.05, 0) is 36.2 Å². The summed E-state index contributed by atoms with van der Waals surface area (Å²) in [5.74, 6) is 1.02. The molecule has 5 heteroatoms. The molecule has 3 aromatic rings. The third kappa shape index (κ3) is 3.81. The Morgan fingerprint density at radius 1 is 1.00 bits per heavy atom. The quantitative estimate of drug-likeness (QED) is 0.469. The Kier molecular flexibility index (Phi) is 5.16. The third-order valence-electron chi connectivity index (χ3n) is 7.22. The number of aryl methyl sites for hydroxylation is 1. The Morgan fingerprint density at radius 3 is 2.52 bits per heavy atom. The molecule has 3 aromatic carbocycles. The lowest BCUT2D eigenvalue weighted by atomic mass is 9.90. The maximum atomic E-state index is 6.80. The van der Waals surface area contributed by atoms with E-state index in [-0.39, 0.29) is 6.04 Å². The maximum Gasteiger partial charge on any atom is 0.200 e. The van der Waals surface area contributed by atoms with Crippen LogP contribution in [0.4, 0.5) is 0 Å². The van der Waals surface area contributed by atoms with Gasteiger partial charge in [-0.2, -0.15) is 5.10 Å². The zero-order chi connectivity index (χ0) is 22.4. The van der Waals surface area contributed by atoms with Crippen molar-refractivity contribution in [1.82, 2.24) is 9.91 Å².